The summed E-state index contributed by atoms with van der Waals surface area (Å²) in [4.78, 5) is 3.36. The number of hydrogen-bond donors (Lipinski definition) is 0. The topological polar surface area (TPSA) is 4.36 Å². The second kappa shape index (κ2) is 4.56. The molecular formula is C11H13N. The van der Waals surface area contributed by atoms with E-state index in [0.29, 0.717) is 6.54 Å². The highest BCUT2D eigenvalue weighted by molar-refractivity contribution is 5.27. The molecule has 0 bridgehead atoms. The Kier molecular flexibility index (Phi) is 3.35. The van der Waals surface area contributed by atoms with Crippen LogP contribution in [0.4, 0.5) is 0 Å². The highest BCUT2D eigenvalue weighted by Gasteiger charge is 1.99. The largest absolute Gasteiger partial charge is 0.317 e. The predicted octanol–water partition coefficient (Wildman–Crippen LogP) is 2.71. The summed E-state index contributed by atoms with van der Waals surface area (Å²) in [6, 6.07) is 8.35. The summed E-state index contributed by atoms with van der Waals surface area (Å²) < 4.78 is 0. The van der Waals surface area contributed by atoms with Crippen molar-refractivity contribution in [3.63, 3.8) is 0 Å². The van der Waals surface area contributed by atoms with Crippen LogP contribution < -0.4 is 0 Å². The molecule has 0 fully saturated rings. The molecule has 1 rings (SSSR count). The second-order valence-corrected chi connectivity index (χ2v) is 2.75. The number of nitrogens with zero attached hydrogens (tertiary/aromatic N) is 1. The summed E-state index contributed by atoms with van der Waals surface area (Å²) in [6.07, 6.45) is 1.96. The molecule has 0 unspecified atom stereocenters. The molecule has 0 radical (unpaired) electrons. The molecule has 0 aliphatic carbocycles. The Hall–Kier alpha value is -1.29. The summed E-state index contributed by atoms with van der Waals surface area (Å²) in [6.45, 7) is 9.46. The van der Waals surface area contributed by atoms with Crippen molar-refractivity contribution in [1.82, 2.24) is 0 Å². The quantitative estimate of drug-likeness (QED) is 0.597. The van der Waals surface area contributed by atoms with E-state index in [4.69, 9.17) is 6.57 Å². The standard InChI is InChI=1S/C11H13N/c1-3-10-6-4-5-7-11(10)8-9-12-2/h4-7H,3,8-9H2,1H3. The number of hydrogen-bond acceptors (Lipinski definition) is 0. The lowest BCUT2D eigenvalue weighted by molar-refractivity contribution is 1.01. The third kappa shape index (κ3) is 2.10. The lowest BCUT2D eigenvalue weighted by atomic mass is 10.0. The van der Waals surface area contributed by atoms with Crippen LogP contribution in [0.25, 0.3) is 4.85 Å². The van der Waals surface area contributed by atoms with Gasteiger partial charge >= 0.3 is 0 Å². The Balaban J connectivity index is 2.76. The monoisotopic (exact) mass is 159 g/mol. The van der Waals surface area contributed by atoms with E-state index >= 15 is 0 Å². The summed E-state index contributed by atoms with van der Waals surface area (Å²) in [5.41, 5.74) is 2.71. The number of rotatable bonds is 3. The molecule has 1 aromatic carbocycles. The van der Waals surface area contributed by atoms with E-state index in [0.717, 1.165) is 12.8 Å². The Bertz CT molecular complexity index is 283. The third-order valence-corrected chi connectivity index (χ3v) is 1.99. The fourth-order valence-corrected chi connectivity index (χ4v) is 1.32. The van der Waals surface area contributed by atoms with Crippen LogP contribution in [-0.4, -0.2) is 6.54 Å². The van der Waals surface area contributed by atoms with E-state index in [1.54, 1.807) is 0 Å². The molecule has 0 atom stereocenters. The van der Waals surface area contributed by atoms with Gasteiger partial charge in [0.05, 0.1) is 0 Å². The molecule has 0 spiro atoms. The lowest BCUT2D eigenvalue weighted by Gasteiger charge is -2.02. The van der Waals surface area contributed by atoms with Crippen molar-refractivity contribution in [3.05, 3.63) is 46.8 Å². The first-order valence-corrected chi connectivity index (χ1v) is 4.28. The lowest BCUT2D eigenvalue weighted by Crippen LogP contribution is -1.93. The van der Waals surface area contributed by atoms with Gasteiger partial charge < -0.3 is 4.85 Å². The molecule has 0 aromatic heterocycles. The third-order valence-electron chi connectivity index (χ3n) is 1.99. The van der Waals surface area contributed by atoms with Gasteiger partial charge in [-0.1, -0.05) is 31.2 Å². The first-order chi connectivity index (χ1) is 5.88. The molecule has 62 valence electrons. The van der Waals surface area contributed by atoms with Gasteiger partial charge in [-0.15, -0.1) is 0 Å². The van der Waals surface area contributed by atoms with Crippen molar-refractivity contribution in [2.75, 3.05) is 6.54 Å². The minimum atomic E-state index is 0.608. The number of aryl methyl sites for hydroxylation is 1. The van der Waals surface area contributed by atoms with Crippen LogP contribution in [0.2, 0.25) is 0 Å². The van der Waals surface area contributed by atoms with Crippen LogP contribution in [0.15, 0.2) is 24.3 Å². The van der Waals surface area contributed by atoms with Gasteiger partial charge in [-0.05, 0) is 17.5 Å². The molecule has 0 aliphatic heterocycles. The molecule has 1 aromatic rings. The number of benzene rings is 1. The second-order valence-electron chi connectivity index (χ2n) is 2.75. The first-order valence-electron chi connectivity index (χ1n) is 4.28. The van der Waals surface area contributed by atoms with E-state index in [-0.39, 0.29) is 0 Å². The minimum absolute atomic E-state index is 0.608. The van der Waals surface area contributed by atoms with Crippen molar-refractivity contribution >= 4 is 0 Å². The van der Waals surface area contributed by atoms with Crippen LogP contribution in [-0.2, 0) is 12.8 Å². The average Bonchev–Trinajstić information content (AvgIpc) is 2.15. The molecular weight excluding hydrogens is 146 g/mol. The zero-order chi connectivity index (χ0) is 8.81. The van der Waals surface area contributed by atoms with Crippen LogP contribution in [0, 0.1) is 6.57 Å². The van der Waals surface area contributed by atoms with Crippen molar-refractivity contribution in [1.29, 1.82) is 0 Å². The maximum absolute atomic E-state index is 6.70. The first kappa shape index (κ1) is 8.80. The fourth-order valence-electron chi connectivity index (χ4n) is 1.32. The molecule has 0 saturated heterocycles. The Morgan fingerprint density at radius 1 is 1.25 bits per heavy atom. The van der Waals surface area contributed by atoms with Crippen LogP contribution in [0.1, 0.15) is 18.1 Å². The van der Waals surface area contributed by atoms with Gasteiger partial charge in [0.1, 0.15) is 0 Å². The van der Waals surface area contributed by atoms with E-state index in [1.807, 2.05) is 6.07 Å². The molecule has 0 amide bonds. The summed E-state index contributed by atoms with van der Waals surface area (Å²) >= 11 is 0. The van der Waals surface area contributed by atoms with Gasteiger partial charge in [-0.25, -0.2) is 6.57 Å². The van der Waals surface area contributed by atoms with E-state index in [2.05, 4.69) is 30.0 Å². The normalized spacial score (nSPS) is 9.33. The molecule has 0 saturated carbocycles. The van der Waals surface area contributed by atoms with Crippen molar-refractivity contribution in [2.45, 2.75) is 19.8 Å². The van der Waals surface area contributed by atoms with Gasteiger partial charge in [0.25, 0.3) is 0 Å². The van der Waals surface area contributed by atoms with Crippen molar-refractivity contribution in [2.24, 2.45) is 0 Å². The highest BCUT2D eigenvalue weighted by atomic mass is 14.6. The molecule has 0 heterocycles. The fraction of sp³-hybridized carbons (Fsp3) is 0.364. The molecule has 12 heavy (non-hydrogen) atoms. The predicted molar refractivity (Wildman–Crippen MR) is 51.0 cm³/mol. The van der Waals surface area contributed by atoms with Crippen LogP contribution >= 0.6 is 0 Å². The molecule has 1 nitrogen and oxygen atoms in total. The van der Waals surface area contributed by atoms with Crippen molar-refractivity contribution < 1.29 is 0 Å². The highest BCUT2D eigenvalue weighted by Crippen LogP contribution is 2.09. The van der Waals surface area contributed by atoms with Gasteiger partial charge in [-0.3, -0.25) is 0 Å². The summed E-state index contributed by atoms with van der Waals surface area (Å²) in [5, 5.41) is 0. The minimum Gasteiger partial charge on any atom is -0.317 e. The van der Waals surface area contributed by atoms with Gasteiger partial charge in [0.2, 0.25) is 6.54 Å². The van der Waals surface area contributed by atoms with E-state index in [1.165, 1.54) is 11.1 Å². The maximum atomic E-state index is 6.70. The smallest absolute Gasteiger partial charge is 0.218 e. The Morgan fingerprint density at radius 3 is 2.50 bits per heavy atom. The zero-order valence-corrected chi connectivity index (χ0v) is 7.38. The summed E-state index contributed by atoms with van der Waals surface area (Å²) in [5.74, 6) is 0. The average molecular weight is 159 g/mol. The maximum Gasteiger partial charge on any atom is 0.218 e. The van der Waals surface area contributed by atoms with E-state index < -0.39 is 0 Å². The molecule has 1 heteroatoms. The van der Waals surface area contributed by atoms with Gasteiger partial charge in [0, 0.05) is 6.42 Å². The Morgan fingerprint density at radius 2 is 1.92 bits per heavy atom. The van der Waals surface area contributed by atoms with Crippen molar-refractivity contribution in [3.8, 4) is 0 Å². The molecule has 0 aliphatic rings. The Labute approximate surface area is 73.9 Å². The summed E-state index contributed by atoms with van der Waals surface area (Å²) in [7, 11) is 0. The van der Waals surface area contributed by atoms with Gasteiger partial charge in [0.15, 0.2) is 0 Å². The van der Waals surface area contributed by atoms with Gasteiger partial charge in [-0.2, -0.15) is 0 Å². The zero-order valence-electron chi connectivity index (χ0n) is 7.38. The SMILES string of the molecule is [C-]#[N+]CCc1ccccc1CC. The van der Waals surface area contributed by atoms with Crippen LogP contribution in [0.3, 0.4) is 0 Å². The molecule has 0 N–H and O–H groups in total. The van der Waals surface area contributed by atoms with E-state index in [9.17, 15) is 0 Å². The van der Waals surface area contributed by atoms with Crippen LogP contribution in [0.5, 0.6) is 0 Å².